The fourth-order valence-electron chi connectivity index (χ4n) is 1.99. The predicted octanol–water partition coefficient (Wildman–Crippen LogP) is 3.19. The van der Waals surface area contributed by atoms with Gasteiger partial charge in [-0.2, -0.15) is 0 Å². The molecule has 2 aromatic carbocycles. The Kier molecular flexibility index (Phi) is 5.24. The average molecular weight is 421 g/mol. The van der Waals surface area contributed by atoms with Gasteiger partial charge in [0.25, 0.3) is 0 Å². The Morgan fingerprint density at radius 3 is 2.46 bits per heavy atom. The Morgan fingerprint density at radius 2 is 1.88 bits per heavy atom. The summed E-state index contributed by atoms with van der Waals surface area (Å²) in [6.07, 6.45) is 0. The van der Waals surface area contributed by atoms with Crippen molar-refractivity contribution in [1.82, 2.24) is 0 Å². The molecule has 0 saturated carbocycles. The molecule has 0 atom stereocenters. The van der Waals surface area contributed by atoms with E-state index in [-0.39, 0.29) is 15.6 Å². The summed E-state index contributed by atoms with van der Waals surface area (Å²) in [6.45, 7) is 0. The molecule has 0 unspecified atom stereocenters. The second-order valence-electron chi connectivity index (χ2n) is 4.80. The highest BCUT2D eigenvalue weighted by Crippen LogP contribution is 2.27. The van der Waals surface area contributed by atoms with Gasteiger partial charge in [-0.1, -0.05) is 6.07 Å². The van der Waals surface area contributed by atoms with Crippen molar-refractivity contribution >= 4 is 31.7 Å². The molecule has 128 valence electrons. The number of carbonyl (C=O) groups is 1. The molecule has 5 nitrogen and oxygen atoms in total. The lowest BCUT2D eigenvalue weighted by Gasteiger charge is -2.09. The highest BCUT2D eigenvalue weighted by atomic mass is 79.9. The molecule has 2 aromatic rings. The van der Waals surface area contributed by atoms with Crippen molar-refractivity contribution in [2.24, 2.45) is 0 Å². The lowest BCUT2D eigenvalue weighted by molar-refractivity contribution is 0.0597. The first-order valence-electron chi connectivity index (χ1n) is 6.43. The predicted molar refractivity (Wildman–Crippen MR) is 84.4 cm³/mol. The number of aromatic hydroxyl groups is 1. The zero-order valence-electron chi connectivity index (χ0n) is 12.2. The minimum absolute atomic E-state index is 0.125. The van der Waals surface area contributed by atoms with Crippen molar-refractivity contribution in [1.29, 1.82) is 0 Å². The summed E-state index contributed by atoms with van der Waals surface area (Å²) >= 11 is 2.81. The maximum absolute atomic E-state index is 13.8. The van der Waals surface area contributed by atoms with Gasteiger partial charge in [-0.25, -0.2) is 22.0 Å². The van der Waals surface area contributed by atoms with Crippen LogP contribution >= 0.6 is 15.9 Å². The van der Waals surface area contributed by atoms with Crippen LogP contribution in [0.4, 0.5) is 8.78 Å². The zero-order valence-corrected chi connectivity index (χ0v) is 14.6. The topological polar surface area (TPSA) is 80.7 Å². The van der Waals surface area contributed by atoms with Gasteiger partial charge in [0.1, 0.15) is 27.8 Å². The second kappa shape index (κ2) is 6.86. The number of rotatable bonds is 4. The van der Waals surface area contributed by atoms with Crippen molar-refractivity contribution in [2.45, 2.75) is 10.6 Å². The van der Waals surface area contributed by atoms with Crippen LogP contribution in [-0.4, -0.2) is 26.6 Å². The van der Waals surface area contributed by atoms with E-state index in [1.165, 1.54) is 12.1 Å². The van der Waals surface area contributed by atoms with E-state index in [2.05, 4.69) is 20.7 Å². The number of sulfone groups is 1. The van der Waals surface area contributed by atoms with Crippen molar-refractivity contribution in [3.63, 3.8) is 0 Å². The molecule has 0 spiro atoms. The van der Waals surface area contributed by atoms with E-state index in [0.29, 0.717) is 6.07 Å². The largest absolute Gasteiger partial charge is 0.507 e. The molecule has 0 fully saturated rings. The minimum Gasteiger partial charge on any atom is -0.507 e. The van der Waals surface area contributed by atoms with Crippen LogP contribution in [-0.2, 0) is 20.3 Å². The molecule has 0 saturated heterocycles. The van der Waals surface area contributed by atoms with E-state index in [1.807, 2.05) is 0 Å². The number of hydrogen-bond donors (Lipinski definition) is 1. The van der Waals surface area contributed by atoms with Gasteiger partial charge in [0.2, 0.25) is 0 Å². The third-order valence-corrected chi connectivity index (χ3v) is 5.44. The third-order valence-electron chi connectivity index (χ3n) is 3.13. The molecule has 0 bridgehead atoms. The molecule has 0 heterocycles. The van der Waals surface area contributed by atoms with E-state index >= 15 is 0 Å². The summed E-state index contributed by atoms with van der Waals surface area (Å²) in [6, 6.07) is 4.86. The van der Waals surface area contributed by atoms with Crippen molar-refractivity contribution in [2.75, 3.05) is 7.11 Å². The third kappa shape index (κ3) is 3.73. The van der Waals surface area contributed by atoms with E-state index in [1.54, 1.807) is 0 Å². The number of halogens is 3. The van der Waals surface area contributed by atoms with Crippen molar-refractivity contribution < 1.29 is 31.8 Å². The van der Waals surface area contributed by atoms with Crippen molar-refractivity contribution in [3.05, 3.63) is 57.6 Å². The fourth-order valence-corrected chi connectivity index (χ4v) is 3.91. The monoisotopic (exact) mass is 420 g/mol. The lowest BCUT2D eigenvalue weighted by Crippen LogP contribution is -2.09. The number of hydrogen-bond acceptors (Lipinski definition) is 5. The number of carbonyl (C=O) groups excluding carboxylic acids is 1. The Bertz CT molecular complexity index is 912. The standard InChI is InChI=1S/C15H11BrF2O5S/c1-23-15(20)9-3-2-8(4-13(9)19)7-24(21,22)14-5-10(16)11(17)6-12(14)18/h2-6,19H,7H2,1H3. The number of methoxy groups -OCH3 is 1. The molecule has 0 radical (unpaired) electrons. The second-order valence-corrected chi connectivity index (χ2v) is 7.61. The molecule has 0 aliphatic rings. The van der Waals surface area contributed by atoms with Gasteiger partial charge in [-0.3, -0.25) is 0 Å². The zero-order chi connectivity index (χ0) is 18.1. The summed E-state index contributed by atoms with van der Waals surface area (Å²) in [5, 5.41) is 9.77. The summed E-state index contributed by atoms with van der Waals surface area (Å²) in [4.78, 5) is 10.7. The van der Waals surface area contributed by atoms with E-state index in [9.17, 15) is 27.1 Å². The summed E-state index contributed by atoms with van der Waals surface area (Å²) in [7, 11) is -3.00. The van der Waals surface area contributed by atoms with Crippen LogP contribution in [0.3, 0.4) is 0 Å². The molecule has 24 heavy (non-hydrogen) atoms. The van der Waals surface area contributed by atoms with Crippen LogP contribution in [0.2, 0.25) is 0 Å². The van der Waals surface area contributed by atoms with E-state index < -0.39 is 43.8 Å². The Balaban J connectivity index is 2.38. The molecule has 0 aromatic heterocycles. The maximum atomic E-state index is 13.8. The Labute approximate surface area is 144 Å². The number of ether oxygens (including phenoxy) is 1. The molecular formula is C15H11BrF2O5S. The summed E-state index contributed by atoms with van der Waals surface area (Å²) < 4.78 is 55.9. The van der Waals surface area contributed by atoms with Gasteiger partial charge >= 0.3 is 5.97 Å². The normalized spacial score (nSPS) is 11.3. The SMILES string of the molecule is COC(=O)c1ccc(CS(=O)(=O)c2cc(Br)c(F)cc2F)cc1O. The maximum Gasteiger partial charge on any atom is 0.341 e. The van der Waals surface area contributed by atoms with Gasteiger partial charge in [-0.15, -0.1) is 0 Å². The van der Waals surface area contributed by atoms with Gasteiger partial charge in [0.15, 0.2) is 9.84 Å². The Morgan fingerprint density at radius 1 is 1.21 bits per heavy atom. The average Bonchev–Trinajstić information content (AvgIpc) is 2.49. The van der Waals surface area contributed by atoms with Crippen molar-refractivity contribution in [3.8, 4) is 5.75 Å². The molecule has 0 aliphatic carbocycles. The molecular weight excluding hydrogens is 410 g/mol. The van der Waals surface area contributed by atoms with Crippen LogP contribution in [0.15, 0.2) is 39.7 Å². The van der Waals surface area contributed by atoms with Gasteiger partial charge in [0.05, 0.1) is 17.3 Å². The molecule has 9 heteroatoms. The quantitative estimate of drug-likeness (QED) is 0.466. The fraction of sp³-hybridized carbons (Fsp3) is 0.133. The first-order valence-corrected chi connectivity index (χ1v) is 8.87. The van der Waals surface area contributed by atoms with Crippen LogP contribution in [0, 0.1) is 11.6 Å². The van der Waals surface area contributed by atoms with Crippen LogP contribution < -0.4 is 0 Å². The lowest BCUT2D eigenvalue weighted by atomic mass is 10.1. The van der Waals surface area contributed by atoms with Gasteiger partial charge < -0.3 is 9.84 Å². The van der Waals surface area contributed by atoms with E-state index in [0.717, 1.165) is 19.2 Å². The van der Waals surface area contributed by atoms with Gasteiger partial charge in [0, 0.05) is 6.07 Å². The highest BCUT2D eigenvalue weighted by molar-refractivity contribution is 9.10. The van der Waals surface area contributed by atoms with Gasteiger partial charge in [-0.05, 0) is 39.7 Å². The summed E-state index contributed by atoms with van der Waals surface area (Å²) in [5.41, 5.74) is -0.00523. The molecule has 0 amide bonds. The van der Waals surface area contributed by atoms with Crippen LogP contribution in [0.1, 0.15) is 15.9 Å². The smallest absolute Gasteiger partial charge is 0.341 e. The Hall–Kier alpha value is -2.00. The highest BCUT2D eigenvalue weighted by Gasteiger charge is 2.23. The minimum atomic E-state index is -4.14. The number of esters is 1. The number of phenols is 1. The van der Waals surface area contributed by atoms with Crippen LogP contribution in [0.5, 0.6) is 5.75 Å². The first kappa shape index (κ1) is 18.3. The summed E-state index contributed by atoms with van der Waals surface area (Å²) in [5.74, 6) is -4.03. The number of benzene rings is 2. The van der Waals surface area contributed by atoms with E-state index in [4.69, 9.17) is 0 Å². The molecule has 0 aliphatic heterocycles. The van der Waals surface area contributed by atoms with Crippen LogP contribution in [0.25, 0.3) is 0 Å². The number of phenolic OH excluding ortho intramolecular Hbond substituents is 1. The molecule has 2 rings (SSSR count). The molecule has 1 N–H and O–H groups in total. The first-order chi connectivity index (χ1) is 11.2.